The second-order valence-electron chi connectivity index (χ2n) is 4.87. The average Bonchev–Trinajstić information content (AvgIpc) is 2.57. The lowest BCUT2D eigenvalue weighted by molar-refractivity contribution is -0.119. The molecule has 7 heteroatoms. The van der Waals surface area contributed by atoms with Gasteiger partial charge in [-0.1, -0.05) is 23.7 Å². The Kier molecular flexibility index (Phi) is 6.40. The fourth-order valence-electron chi connectivity index (χ4n) is 2.01. The predicted molar refractivity (Wildman–Crippen MR) is 99.1 cm³/mol. The van der Waals surface area contributed by atoms with Crippen LogP contribution in [0.2, 0.25) is 5.02 Å². The Balaban J connectivity index is 1.95. The molecule has 2 aromatic rings. The maximum Gasteiger partial charge on any atom is 0.230 e. The van der Waals surface area contributed by atoms with Crippen LogP contribution in [0.15, 0.2) is 42.5 Å². The largest absolute Gasteiger partial charge is 0.497 e. The lowest BCUT2D eigenvalue weighted by Gasteiger charge is -2.13. The van der Waals surface area contributed by atoms with Crippen LogP contribution in [0.4, 0.5) is 5.69 Å². The lowest BCUT2D eigenvalue weighted by Crippen LogP contribution is -2.35. The number of benzene rings is 2. The first-order valence-electron chi connectivity index (χ1n) is 7.09. The average molecular weight is 365 g/mol. The van der Waals surface area contributed by atoms with Crippen LogP contribution < -0.4 is 20.1 Å². The van der Waals surface area contributed by atoms with Crippen LogP contribution in [0.3, 0.4) is 0 Å². The number of halogens is 1. The van der Waals surface area contributed by atoms with Gasteiger partial charge in [0.1, 0.15) is 11.5 Å². The molecular weight excluding hydrogens is 348 g/mol. The number of anilines is 1. The van der Waals surface area contributed by atoms with Gasteiger partial charge in [-0.05, 0) is 42.0 Å². The van der Waals surface area contributed by atoms with Crippen LogP contribution in [0.25, 0.3) is 0 Å². The number of ether oxygens (including phenoxy) is 2. The Morgan fingerprint density at radius 1 is 1.12 bits per heavy atom. The molecule has 0 bridgehead atoms. The minimum Gasteiger partial charge on any atom is -0.497 e. The summed E-state index contributed by atoms with van der Waals surface area (Å²) < 4.78 is 10.4. The smallest absolute Gasteiger partial charge is 0.230 e. The molecule has 0 aliphatic heterocycles. The van der Waals surface area contributed by atoms with Gasteiger partial charge in [-0.25, -0.2) is 0 Å². The Bertz CT molecular complexity index is 735. The second kappa shape index (κ2) is 8.52. The van der Waals surface area contributed by atoms with Crippen LogP contribution in [0, 0.1) is 0 Å². The number of carbonyl (C=O) groups is 1. The van der Waals surface area contributed by atoms with E-state index in [1.807, 2.05) is 0 Å². The molecular formula is C17H17ClN2O3S. The molecule has 0 aliphatic rings. The summed E-state index contributed by atoms with van der Waals surface area (Å²) in [5, 5.41) is 6.39. The number of hydrogen-bond donors (Lipinski definition) is 2. The van der Waals surface area contributed by atoms with Crippen molar-refractivity contribution in [3.05, 3.63) is 53.1 Å². The number of carbonyl (C=O) groups excluding carboxylic acids is 1. The van der Waals surface area contributed by atoms with E-state index in [2.05, 4.69) is 10.6 Å². The van der Waals surface area contributed by atoms with Crippen molar-refractivity contribution < 1.29 is 14.3 Å². The summed E-state index contributed by atoms with van der Waals surface area (Å²) in [6.45, 7) is 0. The minimum absolute atomic E-state index is 0.192. The molecule has 1 amide bonds. The van der Waals surface area contributed by atoms with E-state index in [0.29, 0.717) is 22.2 Å². The predicted octanol–water partition coefficient (Wildman–Crippen LogP) is 3.41. The first-order valence-corrected chi connectivity index (χ1v) is 7.87. The second-order valence-corrected chi connectivity index (χ2v) is 5.72. The van der Waals surface area contributed by atoms with Gasteiger partial charge in [0.25, 0.3) is 0 Å². The number of amides is 1. The van der Waals surface area contributed by atoms with Gasteiger partial charge in [-0.2, -0.15) is 0 Å². The molecule has 0 saturated heterocycles. The Morgan fingerprint density at radius 2 is 1.83 bits per heavy atom. The topological polar surface area (TPSA) is 59.6 Å². The lowest BCUT2D eigenvalue weighted by atomic mass is 10.1. The molecule has 0 aromatic heterocycles. The van der Waals surface area contributed by atoms with E-state index < -0.39 is 0 Å². The van der Waals surface area contributed by atoms with Crippen LogP contribution in [-0.2, 0) is 11.2 Å². The van der Waals surface area contributed by atoms with Crippen molar-refractivity contribution in [1.82, 2.24) is 5.32 Å². The summed E-state index contributed by atoms with van der Waals surface area (Å²) >= 11 is 11.0. The van der Waals surface area contributed by atoms with Gasteiger partial charge in [0, 0.05) is 11.1 Å². The fourth-order valence-corrected chi connectivity index (χ4v) is 2.36. The summed E-state index contributed by atoms with van der Waals surface area (Å²) in [7, 11) is 3.12. The Labute approximate surface area is 150 Å². The first-order chi connectivity index (χ1) is 11.5. The van der Waals surface area contributed by atoms with Crippen LogP contribution in [0.1, 0.15) is 5.56 Å². The monoisotopic (exact) mass is 364 g/mol. The quantitative estimate of drug-likeness (QED) is 0.796. The first kappa shape index (κ1) is 18.0. The Hall–Kier alpha value is -2.31. The maximum atomic E-state index is 12.0. The van der Waals surface area contributed by atoms with Gasteiger partial charge in [0.05, 0.1) is 26.3 Å². The highest BCUT2D eigenvalue weighted by molar-refractivity contribution is 7.80. The van der Waals surface area contributed by atoms with Crippen molar-refractivity contribution >= 4 is 40.5 Å². The van der Waals surface area contributed by atoms with E-state index in [9.17, 15) is 4.79 Å². The van der Waals surface area contributed by atoms with Crippen LogP contribution >= 0.6 is 23.8 Å². The van der Waals surface area contributed by atoms with Gasteiger partial charge in [0.2, 0.25) is 5.91 Å². The fraction of sp³-hybridized carbons (Fsp3) is 0.176. The Morgan fingerprint density at radius 3 is 2.46 bits per heavy atom. The molecule has 0 spiro atoms. The SMILES string of the molecule is COc1ccc(NC(=S)NC(=O)Cc2ccc(Cl)cc2)c(OC)c1. The zero-order chi connectivity index (χ0) is 17.5. The highest BCUT2D eigenvalue weighted by Crippen LogP contribution is 2.28. The summed E-state index contributed by atoms with van der Waals surface area (Å²) in [4.78, 5) is 12.0. The molecule has 2 aromatic carbocycles. The molecule has 24 heavy (non-hydrogen) atoms. The molecule has 0 fully saturated rings. The van der Waals surface area contributed by atoms with E-state index in [1.54, 1.807) is 56.7 Å². The molecule has 2 rings (SSSR count). The number of nitrogens with one attached hydrogen (secondary N) is 2. The van der Waals surface area contributed by atoms with E-state index in [-0.39, 0.29) is 17.4 Å². The highest BCUT2D eigenvalue weighted by atomic mass is 35.5. The third kappa shape index (κ3) is 5.11. The third-order valence-corrected chi connectivity index (χ3v) is 3.64. The van der Waals surface area contributed by atoms with Gasteiger partial charge in [0.15, 0.2) is 5.11 Å². The summed E-state index contributed by atoms with van der Waals surface area (Å²) in [6.07, 6.45) is 0.207. The van der Waals surface area contributed by atoms with Crippen molar-refractivity contribution in [1.29, 1.82) is 0 Å². The van der Waals surface area contributed by atoms with Gasteiger partial charge < -0.3 is 20.1 Å². The minimum atomic E-state index is -0.220. The van der Waals surface area contributed by atoms with Crippen molar-refractivity contribution in [3.8, 4) is 11.5 Å². The zero-order valence-electron chi connectivity index (χ0n) is 13.3. The van der Waals surface area contributed by atoms with Gasteiger partial charge in [-0.15, -0.1) is 0 Å². The standard InChI is InChI=1S/C17H17ClN2O3S/c1-22-13-7-8-14(15(10-13)23-2)19-17(24)20-16(21)9-11-3-5-12(18)6-4-11/h3-8,10H,9H2,1-2H3,(H2,19,20,21,24). The van der Waals surface area contributed by atoms with Crippen molar-refractivity contribution in [3.63, 3.8) is 0 Å². The highest BCUT2D eigenvalue weighted by Gasteiger charge is 2.10. The van der Waals surface area contributed by atoms with Crippen LogP contribution in [0.5, 0.6) is 11.5 Å². The molecule has 0 heterocycles. The third-order valence-electron chi connectivity index (χ3n) is 3.19. The number of thiocarbonyl (C=S) groups is 1. The maximum absolute atomic E-state index is 12.0. The molecule has 0 saturated carbocycles. The van der Waals surface area contributed by atoms with Gasteiger partial charge in [-0.3, -0.25) is 4.79 Å². The van der Waals surface area contributed by atoms with E-state index in [1.165, 1.54) is 0 Å². The summed E-state index contributed by atoms with van der Waals surface area (Å²) in [6, 6.07) is 12.3. The van der Waals surface area contributed by atoms with Crippen molar-refractivity contribution in [2.24, 2.45) is 0 Å². The van der Waals surface area contributed by atoms with Crippen molar-refractivity contribution in [2.75, 3.05) is 19.5 Å². The molecule has 0 aliphatic carbocycles. The zero-order valence-corrected chi connectivity index (χ0v) is 14.8. The molecule has 0 unspecified atom stereocenters. The summed E-state index contributed by atoms with van der Waals surface area (Å²) in [5.41, 5.74) is 1.48. The number of hydrogen-bond acceptors (Lipinski definition) is 4. The normalized spacial score (nSPS) is 9.96. The molecule has 0 radical (unpaired) electrons. The molecule has 5 nitrogen and oxygen atoms in total. The summed E-state index contributed by atoms with van der Waals surface area (Å²) in [5.74, 6) is 1.00. The van der Waals surface area contributed by atoms with Gasteiger partial charge >= 0.3 is 0 Å². The molecule has 126 valence electrons. The number of methoxy groups -OCH3 is 2. The van der Waals surface area contributed by atoms with E-state index >= 15 is 0 Å². The number of rotatable bonds is 5. The molecule has 2 N–H and O–H groups in total. The van der Waals surface area contributed by atoms with E-state index in [4.69, 9.17) is 33.3 Å². The van der Waals surface area contributed by atoms with Crippen LogP contribution in [-0.4, -0.2) is 25.2 Å². The molecule has 0 atom stereocenters. The van der Waals surface area contributed by atoms with E-state index in [0.717, 1.165) is 5.56 Å². The van der Waals surface area contributed by atoms with Crippen molar-refractivity contribution in [2.45, 2.75) is 6.42 Å².